The molecule has 0 aromatic heterocycles. The lowest BCUT2D eigenvalue weighted by atomic mass is 9.84. The molecule has 1 nitrogen and oxygen atoms in total. The summed E-state index contributed by atoms with van der Waals surface area (Å²) in [6, 6.07) is 12.9. The Morgan fingerprint density at radius 2 is 1.32 bits per heavy atom. The fraction of sp³-hybridized carbons (Fsp3) is 0.600. The van der Waals surface area contributed by atoms with Gasteiger partial charge in [0, 0.05) is 5.56 Å². The van der Waals surface area contributed by atoms with E-state index < -0.39 is 0 Å². The molecule has 1 unspecified atom stereocenters. The molecule has 0 radical (unpaired) electrons. The van der Waals surface area contributed by atoms with Crippen LogP contribution in [-0.4, -0.2) is 5.11 Å². The predicted octanol–water partition coefficient (Wildman–Crippen LogP) is 9.60. The minimum Gasteiger partial charge on any atom is -0.507 e. The summed E-state index contributed by atoms with van der Waals surface area (Å²) in [5, 5.41) is 10.9. The highest BCUT2D eigenvalue weighted by Crippen LogP contribution is 2.40. The highest BCUT2D eigenvalue weighted by atomic mass is 16.3. The SMILES string of the molecule is CCCCCCCc1cccc(-c2c(O)cccc2C(C)CC)c1CCCCCCC. The molecule has 2 rings (SSSR count). The highest BCUT2D eigenvalue weighted by molar-refractivity contribution is 5.77. The number of aromatic hydroxyl groups is 1. The summed E-state index contributed by atoms with van der Waals surface area (Å²) in [6.45, 7) is 9.07. The molecule has 0 spiro atoms. The van der Waals surface area contributed by atoms with Gasteiger partial charge in [0.1, 0.15) is 5.75 Å². The zero-order chi connectivity index (χ0) is 22.5. The second-order valence-electron chi connectivity index (χ2n) is 9.32. The van der Waals surface area contributed by atoms with Crippen LogP contribution < -0.4 is 0 Å². The summed E-state index contributed by atoms with van der Waals surface area (Å²) < 4.78 is 0. The first-order chi connectivity index (χ1) is 15.1. The van der Waals surface area contributed by atoms with Gasteiger partial charge in [-0.1, -0.05) is 109 Å². The molecular formula is C30H46O. The third-order valence-electron chi connectivity index (χ3n) is 6.84. The number of hydrogen-bond donors (Lipinski definition) is 1. The minimum absolute atomic E-state index is 0.435. The van der Waals surface area contributed by atoms with Crippen LogP contribution in [0.15, 0.2) is 36.4 Å². The summed E-state index contributed by atoms with van der Waals surface area (Å²) in [5.74, 6) is 0.877. The lowest BCUT2D eigenvalue weighted by molar-refractivity contribution is 0.476. The van der Waals surface area contributed by atoms with Gasteiger partial charge in [-0.05, 0) is 66.3 Å². The van der Waals surface area contributed by atoms with Gasteiger partial charge in [-0.15, -0.1) is 0 Å². The molecule has 0 aliphatic rings. The van der Waals surface area contributed by atoms with Crippen molar-refractivity contribution < 1.29 is 5.11 Å². The Balaban J connectivity index is 2.36. The Morgan fingerprint density at radius 3 is 1.97 bits per heavy atom. The van der Waals surface area contributed by atoms with E-state index in [-0.39, 0.29) is 0 Å². The summed E-state index contributed by atoms with van der Waals surface area (Å²) >= 11 is 0. The maximum Gasteiger partial charge on any atom is 0.123 e. The van der Waals surface area contributed by atoms with Crippen LogP contribution in [0.4, 0.5) is 0 Å². The molecule has 0 amide bonds. The Labute approximate surface area is 192 Å². The molecule has 0 fully saturated rings. The fourth-order valence-electron chi connectivity index (χ4n) is 4.70. The smallest absolute Gasteiger partial charge is 0.123 e. The molecule has 0 bridgehead atoms. The second-order valence-corrected chi connectivity index (χ2v) is 9.32. The molecule has 31 heavy (non-hydrogen) atoms. The van der Waals surface area contributed by atoms with E-state index in [2.05, 4.69) is 52.0 Å². The van der Waals surface area contributed by atoms with E-state index >= 15 is 0 Å². The Kier molecular flexibility index (Phi) is 11.8. The molecule has 2 aromatic carbocycles. The van der Waals surface area contributed by atoms with Crippen LogP contribution in [-0.2, 0) is 12.8 Å². The van der Waals surface area contributed by atoms with Crippen molar-refractivity contribution in [2.75, 3.05) is 0 Å². The van der Waals surface area contributed by atoms with Crippen LogP contribution in [0.5, 0.6) is 5.75 Å². The number of aryl methyl sites for hydroxylation is 1. The van der Waals surface area contributed by atoms with Crippen LogP contribution in [0.1, 0.15) is 121 Å². The van der Waals surface area contributed by atoms with E-state index in [9.17, 15) is 5.11 Å². The summed E-state index contributed by atoms with van der Waals surface area (Å²) in [4.78, 5) is 0. The van der Waals surface area contributed by atoms with Gasteiger partial charge in [0.15, 0.2) is 0 Å². The predicted molar refractivity (Wildman–Crippen MR) is 137 cm³/mol. The largest absolute Gasteiger partial charge is 0.507 e. The monoisotopic (exact) mass is 422 g/mol. The number of rotatable bonds is 15. The Bertz CT molecular complexity index is 761. The van der Waals surface area contributed by atoms with Crippen LogP contribution in [0.25, 0.3) is 11.1 Å². The third kappa shape index (κ3) is 7.70. The van der Waals surface area contributed by atoms with Crippen molar-refractivity contribution >= 4 is 0 Å². The highest BCUT2D eigenvalue weighted by Gasteiger charge is 2.18. The van der Waals surface area contributed by atoms with Crippen LogP contribution in [0, 0.1) is 0 Å². The fourth-order valence-corrected chi connectivity index (χ4v) is 4.70. The molecule has 1 heteroatoms. The number of benzene rings is 2. The molecule has 1 atom stereocenters. The molecule has 0 saturated heterocycles. The number of hydrogen-bond acceptors (Lipinski definition) is 1. The topological polar surface area (TPSA) is 20.2 Å². The van der Waals surface area contributed by atoms with E-state index in [4.69, 9.17) is 0 Å². The molecule has 0 saturated carbocycles. The summed E-state index contributed by atoms with van der Waals surface area (Å²) in [5.41, 5.74) is 6.63. The van der Waals surface area contributed by atoms with Crippen molar-refractivity contribution in [3.8, 4) is 16.9 Å². The van der Waals surface area contributed by atoms with Gasteiger partial charge in [-0.25, -0.2) is 0 Å². The first-order valence-corrected chi connectivity index (χ1v) is 13.1. The minimum atomic E-state index is 0.435. The molecule has 0 heterocycles. The van der Waals surface area contributed by atoms with Gasteiger partial charge in [0.25, 0.3) is 0 Å². The quantitative estimate of drug-likeness (QED) is 0.283. The normalized spacial score (nSPS) is 12.3. The first-order valence-electron chi connectivity index (χ1n) is 13.1. The van der Waals surface area contributed by atoms with E-state index in [0.717, 1.165) is 24.8 Å². The van der Waals surface area contributed by atoms with Crippen LogP contribution >= 0.6 is 0 Å². The van der Waals surface area contributed by atoms with Crippen LogP contribution in [0.2, 0.25) is 0 Å². The van der Waals surface area contributed by atoms with Crippen molar-refractivity contribution in [2.24, 2.45) is 0 Å². The van der Waals surface area contributed by atoms with Gasteiger partial charge >= 0.3 is 0 Å². The van der Waals surface area contributed by atoms with Gasteiger partial charge in [0.2, 0.25) is 0 Å². The van der Waals surface area contributed by atoms with Crippen molar-refractivity contribution in [2.45, 2.75) is 117 Å². The van der Waals surface area contributed by atoms with Crippen molar-refractivity contribution in [1.82, 2.24) is 0 Å². The van der Waals surface area contributed by atoms with E-state index in [0.29, 0.717) is 11.7 Å². The molecule has 0 aliphatic heterocycles. The molecular weight excluding hydrogens is 376 g/mol. The number of unbranched alkanes of at least 4 members (excludes halogenated alkanes) is 8. The number of phenolic OH excluding ortho intramolecular Hbond substituents is 1. The van der Waals surface area contributed by atoms with E-state index in [1.165, 1.54) is 86.5 Å². The third-order valence-corrected chi connectivity index (χ3v) is 6.84. The van der Waals surface area contributed by atoms with Crippen LogP contribution in [0.3, 0.4) is 0 Å². The zero-order valence-corrected chi connectivity index (χ0v) is 20.7. The maximum atomic E-state index is 10.9. The van der Waals surface area contributed by atoms with E-state index in [1.54, 1.807) is 0 Å². The van der Waals surface area contributed by atoms with Gasteiger partial charge in [-0.3, -0.25) is 0 Å². The second kappa shape index (κ2) is 14.3. The average Bonchev–Trinajstić information content (AvgIpc) is 2.78. The molecule has 172 valence electrons. The van der Waals surface area contributed by atoms with Crippen molar-refractivity contribution in [1.29, 1.82) is 0 Å². The van der Waals surface area contributed by atoms with Crippen molar-refractivity contribution in [3.63, 3.8) is 0 Å². The van der Waals surface area contributed by atoms with Crippen molar-refractivity contribution in [3.05, 3.63) is 53.1 Å². The lowest BCUT2D eigenvalue weighted by Crippen LogP contribution is -2.02. The summed E-state index contributed by atoms with van der Waals surface area (Å²) in [7, 11) is 0. The van der Waals surface area contributed by atoms with Gasteiger partial charge < -0.3 is 5.11 Å². The maximum absolute atomic E-state index is 10.9. The molecule has 0 aliphatic carbocycles. The lowest BCUT2D eigenvalue weighted by Gasteiger charge is -2.21. The molecule has 1 N–H and O–H groups in total. The molecule has 2 aromatic rings. The zero-order valence-electron chi connectivity index (χ0n) is 20.7. The standard InChI is InChI=1S/C30H46O/c1-5-8-10-12-14-18-25-19-16-22-28(27(25)20-15-13-11-9-6-2)30-26(24(4)7-3)21-17-23-29(30)31/h16-17,19,21-24,31H,5-15,18,20H2,1-4H3. The number of phenols is 1. The van der Waals surface area contributed by atoms with E-state index in [1.807, 2.05) is 12.1 Å². The Morgan fingerprint density at radius 1 is 0.710 bits per heavy atom. The Hall–Kier alpha value is -1.76. The average molecular weight is 423 g/mol. The van der Waals surface area contributed by atoms with Gasteiger partial charge in [0.05, 0.1) is 0 Å². The first kappa shape index (κ1) is 25.5. The summed E-state index contributed by atoms with van der Waals surface area (Å²) in [6.07, 6.45) is 16.5. The van der Waals surface area contributed by atoms with Gasteiger partial charge in [-0.2, -0.15) is 0 Å².